The second kappa shape index (κ2) is 6.66. The first-order valence-corrected chi connectivity index (χ1v) is 12.7. The van der Waals surface area contributed by atoms with Gasteiger partial charge in [-0.25, -0.2) is 0 Å². The molecule has 0 saturated carbocycles. The van der Waals surface area contributed by atoms with Gasteiger partial charge in [0.15, 0.2) is 0 Å². The van der Waals surface area contributed by atoms with Crippen molar-refractivity contribution in [2.75, 3.05) is 5.32 Å². The summed E-state index contributed by atoms with van der Waals surface area (Å²) in [4.78, 5) is 11.6. The van der Waals surface area contributed by atoms with Crippen LogP contribution in [0.3, 0.4) is 0 Å². The second-order valence-corrected chi connectivity index (χ2v) is 10.4. The number of amides is 1. The van der Waals surface area contributed by atoms with E-state index in [2.05, 4.69) is 36.5 Å². The highest BCUT2D eigenvalue weighted by Crippen LogP contribution is 2.50. The van der Waals surface area contributed by atoms with Crippen molar-refractivity contribution in [1.29, 1.82) is 0 Å². The number of carbonyl (C=O) groups excluding carboxylic acids is 1. The molecule has 1 amide bonds. The van der Waals surface area contributed by atoms with Gasteiger partial charge in [0.25, 0.3) is 0 Å². The maximum absolute atomic E-state index is 11.6. The Balaban J connectivity index is 1.59. The highest BCUT2D eigenvalue weighted by molar-refractivity contribution is 6.22. The van der Waals surface area contributed by atoms with Gasteiger partial charge in [0, 0.05) is 51.3 Å². The number of benzene rings is 4. The molecule has 2 aliphatic rings. The van der Waals surface area contributed by atoms with Gasteiger partial charge in [-0.1, -0.05) is 12.1 Å². The first kappa shape index (κ1) is 19.5. The Morgan fingerprint density at radius 2 is 1.26 bits per heavy atom. The lowest BCUT2D eigenvalue weighted by Gasteiger charge is -2.26. The summed E-state index contributed by atoms with van der Waals surface area (Å²) in [5.41, 5.74) is 11.6. The third kappa shape index (κ3) is 2.49. The molecule has 0 bridgehead atoms. The highest BCUT2D eigenvalue weighted by atomic mass is 16.3. The van der Waals surface area contributed by atoms with Crippen molar-refractivity contribution < 1.29 is 13.6 Å². The molecule has 35 heavy (non-hydrogen) atoms. The van der Waals surface area contributed by atoms with E-state index in [1.807, 2.05) is 12.1 Å². The first-order chi connectivity index (χ1) is 17.1. The van der Waals surface area contributed by atoms with Gasteiger partial charge in [0.2, 0.25) is 5.91 Å². The average Bonchev–Trinajstić information content (AvgIpc) is 3.41. The van der Waals surface area contributed by atoms with Crippen LogP contribution in [0, 0.1) is 6.92 Å². The second-order valence-electron chi connectivity index (χ2n) is 10.4. The molecule has 0 saturated heterocycles. The molecule has 0 spiro atoms. The Morgan fingerprint density at radius 3 is 1.86 bits per heavy atom. The van der Waals surface area contributed by atoms with Crippen LogP contribution in [-0.2, 0) is 30.5 Å². The summed E-state index contributed by atoms with van der Waals surface area (Å²) in [6, 6.07) is 12.7. The van der Waals surface area contributed by atoms with Crippen LogP contribution in [0.4, 0.5) is 5.69 Å². The van der Waals surface area contributed by atoms with Gasteiger partial charge in [-0.3, -0.25) is 4.79 Å². The number of hydrogen-bond donors (Lipinski definition) is 1. The minimum Gasteiger partial charge on any atom is -0.456 e. The van der Waals surface area contributed by atoms with E-state index >= 15 is 0 Å². The van der Waals surface area contributed by atoms with Crippen molar-refractivity contribution in [3.8, 4) is 0 Å². The molecular formula is C31H25NO3. The lowest BCUT2D eigenvalue weighted by atomic mass is 9.77. The van der Waals surface area contributed by atoms with Crippen LogP contribution in [0.15, 0.2) is 45.2 Å². The summed E-state index contributed by atoms with van der Waals surface area (Å²) in [7, 11) is 0. The molecule has 8 rings (SSSR count). The van der Waals surface area contributed by atoms with Crippen LogP contribution in [-0.4, -0.2) is 5.91 Å². The third-order valence-corrected chi connectivity index (χ3v) is 8.17. The minimum atomic E-state index is -0.0735. The zero-order valence-corrected chi connectivity index (χ0v) is 19.9. The number of carbonyl (C=O) groups is 1. The molecular weight excluding hydrogens is 434 g/mol. The number of rotatable bonds is 1. The molecule has 0 radical (unpaired) electrons. The molecule has 1 N–H and O–H groups in total. The molecule has 4 nitrogen and oxygen atoms in total. The quantitative estimate of drug-likeness (QED) is 0.272. The highest BCUT2D eigenvalue weighted by Gasteiger charge is 2.31. The molecule has 2 heterocycles. The van der Waals surface area contributed by atoms with Gasteiger partial charge in [-0.2, -0.15) is 0 Å². The molecule has 0 fully saturated rings. The lowest BCUT2D eigenvalue weighted by Crippen LogP contribution is -2.10. The van der Waals surface area contributed by atoms with Gasteiger partial charge in [0.1, 0.15) is 22.3 Å². The van der Waals surface area contributed by atoms with E-state index in [0.717, 1.165) is 71.9 Å². The number of fused-ring (bicyclic) bond motifs is 10. The third-order valence-electron chi connectivity index (χ3n) is 8.17. The smallest absolute Gasteiger partial charge is 0.221 e. The van der Waals surface area contributed by atoms with Gasteiger partial charge in [0.05, 0.1) is 0 Å². The average molecular weight is 460 g/mol. The van der Waals surface area contributed by atoms with Crippen molar-refractivity contribution in [1.82, 2.24) is 0 Å². The molecule has 0 atom stereocenters. The van der Waals surface area contributed by atoms with E-state index in [-0.39, 0.29) is 5.91 Å². The monoisotopic (exact) mass is 459 g/mol. The van der Waals surface area contributed by atoms with Gasteiger partial charge in [-0.15, -0.1) is 0 Å². The number of anilines is 1. The van der Waals surface area contributed by atoms with Crippen molar-refractivity contribution in [2.45, 2.75) is 52.4 Å². The van der Waals surface area contributed by atoms with Crippen LogP contribution >= 0.6 is 0 Å². The van der Waals surface area contributed by atoms with E-state index in [1.54, 1.807) is 0 Å². The van der Waals surface area contributed by atoms with Gasteiger partial charge >= 0.3 is 0 Å². The number of furan rings is 2. The molecule has 0 unspecified atom stereocenters. The summed E-state index contributed by atoms with van der Waals surface area (Å²) in [5, 5.41) is 10.7. The van der Waals surface area contributed by atoms with E-state index in [9.17, 15) is 4.79 Å². The Kier molecular flexibility index (Phi) is 3.71. The van der Waals surface area contributed by atoms with E-state index in [0.29, 0.717) is 0 Å². The predicted octanol–water partition coefficient (Wildman–Crippen LogP) is 7.88. The number of hydrogen-bond acceptors (Lipinski definition) is 3. The van der Waals surface area contributed by atoms with Crippen LogP contribution in [0.25, 0.3) is 54.6 Å². The minimum absolute atomic E-state index is 0.0735. The molecule has 6 aromatic rings. The summed E-state index contributed by atoms with van der Waals surface area (Å²) < 4.78 is 13.3. The van der Waals surface area contributed by atoms with Crippen molar-refractivity contribution in [3.05, 3.63) is 64.2 Å². The fraction of sp³-hybridized carbons (Fsp3) is 0.258. The van der Waals surface area contributed by atoms with Gasteiger partial charge in [-0.05, 0) is 91.1 Å². The topological polar surface area (TPSA) is 55.4 Å². The summed E-state index contributed by atoms with van der Waals surface area (Å²) in [5.74, 6) is -0.0735. The van der Waals surface area contributed by atoms with E-state index in [1.165, 1.54) is 61.7 Å². The molecule has 0 aliphatic heterocycles. The fourth-order valence-corrected chi connectivity index (χ4v) is 6.91. The lowest BCUT2D eigenvalue weighted by molar-refractivity contribution is -0.114. The van der Waals surface area contributed by atoms with Crippen molar-refractivity contribution >= 4 is 66.2 Å². The molecule has 2 aliphatic carbocycles. The first-order valence-electron chi connectivity index (χ1n) is 12.7. The predicted molar refractivity (Wildman–Crippen MR) is 142 cm³/mol. The Hall–Kier alpha value is -3.79. The van der Waals surface area contributed by atoms with E-state index < -0.39 is 0 Å². The van der Waals surface area contributed by atoms with Crippen LogP contribution < -0.4 is 5.32 Å². The molecule has 2 aromatic heterocycles. The Morgan fingerprint density at radius 1 is 0.714 bits per heavy atom. The summed E-state index contributed by atoms with van der Waals surface area (Å²) in [6.07, 6.45) is 6.41. The summed E-state index contributed by atoms with van der Waals surface area (Å²) in [6.45, 7) is 3.66. The van der Waals surface area contributed by atoms with Crippen LogP contribution in [0.2, 0.25) is 0 Å². The number of nitrogens with one attached hydrogen (secondary N) is 1. The largest absolute Gasteiger partial charge is 0.456 e. The zero-order valence-electron chi connectivity index (χ0n) is 19.9. The zero-order chi connectivity index (χ0) is 23.4. The van der Waals surface area contributed by atoms with Crippen molar-refractivity contribution in [3.63, 3.8) is 0 Å². The fourth-order valence-electron chi connectivity index (χ4n) is 6.91. The van der Waals surface area contributed by atoms with E-state index in [4.69, 9.17) is 8.83 Å². The maximum Gasteiger partial charge on any atom is 0.221 e. The Bertz CT molecular complexity index is 1920. The standard InChI is InChI=1S/C31H25NO3/c1-15-9-11-18-24(13-15)34-30-22-7-4-6-21-27(22)26-20(28(18)30)5-3-8-23(26)31-29(21)19-12-10-17(32-16(2)33)14-25(19)35-31/h9-14H,3-8H2,1-2H3,(H,32,33). The summed E-state index contributed by atoms with van der Waals surface area (Å²) >= 11 is 0. The van der Waals surface area contributed by atoms with Gasteiger partial charge < -0.3 is 14.2 Å². The number of aryl methyl sites for hydroxylation is 5. The SMILES string of the molecule is CC(=O)Nc1ccc2c(c1)oc1c3c4c(c5c(oc6cc(C)ccc65)c5c4c(c12)CCC5)CCC3. The van der Waals surface area contributed by atoms with Crippen LogP contribution in [0.5, 0.6) is 0 Å². The van der Waals surface area contributed by atoms with Crippen LogP contribution in [0.1, 0.15) is 47.6 Å². The Labute approximate surface area is 201 Å². The normalized spacial score (nSPS) is 15.1. The molecule has 4 aromatic carbocycles. The van der Waals surface area contributed by atoms with Crippen molar-refractivity contribution in [2.24, 2.45) is 0 Å². The molecule has 4 heteroatoms. The maximum atomic E-state index is 11.6. The molecule has 172 valence electrons.